The first-order chi connectivity index (χ1) is 36.1. The van der Waals surface area contributed by atoms with Gasteiger partial charge >= 0.3 is 12.0 Å². The van der Waals surface area contributed by atoms with Gasteiger partial charge < -0.3 is 92.9 Å². The Labute approximate surface area is 437 Å². The van der Waals surface area contributed by atoms with Crippen LogP contribution in [0.5, 0.6) is 5.75 Å². The van der Waals surface area contributed by atoms with E-state index in [4.69, 9.17) is 66.3 Å². The summed E-state index contributed by atoms with van der Waals surface area (Å²) in [6.07, 6.45) is 5.55. The molecule has 5 N–H and O–H groups in total. The average molecular weight is 1060 g/mol. The van der Waals surface area contributed by atoms with E-state index in [-0.39, 0.29) is 25.2 Å². The summed E-state index contributed by atoms with van der Waals surface area (Å²) in [4.78, 5) is 35.4. The summed E-state index contributed by atoms with van der Waals surface area (Å²) in [7, 11) is 0. The molecular weight excluding hydrogens is 975 g/mol. The van der Waals surface area contributed by atoms with Crippen LogP contribution >= 0.6 is 11.8 Å². The lowest BCUT2D eigenvalue weighted by molar-refractivity contribution is -0.145. The number of urea groups is 1. The lowest BCUT2D eigenvalue weighted by Gasteiger charge is -2.16. The zero-order valence-electron chi connectivity index (χ0n) is 43.6. The van der Waals surface area contributed by atoms with Crippen LogP contribution in [0.2, 0.25) is 0 Å². The van der Waals surface area contributed by atoms with Gasteiger partial charge in [0.15, 0.2) is 6.61 Å². The van der Waals surface area contributed by atoms with Crippen molar-refractivity contribution >= 4 is 29.7 Å². The average Bonchev–Trinajstić information content (AvgIpc) is 3.96. The van der Waals surface area contributed by atoms with E-state index in [2.05, 4.69) is 26.6 Å². The molecule has 2 heterocycles. The fourth-order valence-electron chi connectivity index (χ4n) is 7.07. The number of unbranched alkanes of at least 4 members (excludes halogenated alkanes) is 2. The topological polar surface area (TPSA) is 241 Å². The van der Waals surface area contributed by atoms with Crippen LogP contribution in [0.4, 0.5) is 4.79 Å². The van der Waals surface area contributed by atoms with E-state index < -0.39 is 5.97 Å². The fraction of sp³-hybridized carbons (Fsp3) is 0.820. The summed E-state index contributed by atoms with van der Waals surface area (Å²) in [6, 6.07) is 7.27. The van der Waals surface area contributed by atoms with Crippen LogP contribution in [0.25, 0.3) is 0 Å². The number of carbonyl (C=O) groups is 3. The number of fused-ring (bicyclic) bond motifs is 1. The zero-order chi connectivity index (χ0) is 51.8. The van der Waals surface area contributed by atoms with Crippen molar-refractivity contribution in [2.75, 3.05) is 210 Å². The number of esters is 1. The van der Waals surface area contributed by atoms with Crippen molar-refractivity contribution in [2.45, 2.75) is 56.4 Å². The maximum Gasteiger partial charge on any atom is 0.344 e. The lowest BCUT2D eigenvalue weighted by atomic mass is 10.0. The third kappa shape index (κ3) is 36.6. The number of carbonyl (C=O) groups excluding carboxylic acids is 3. The number of hydrogen-bond acceptors (Lipinski definition) is 20. The molecule has 2 aliphatic rings. The number of amides is 3. The normalized spacial score (nSPS) is 16.1. The molecular formula is C50H89N5O17S. The second kappa shape index (κ2) is 47.5. The highest BCUT2D eigenvalue weighted by atomic mass is 32.2. The van der Waals surface area contributed by atoms with Crippen molar-refractivity contribution in [3.05, 3.63) is 29.8 Å². The Morgan fingerprint density at radius 1 is 0.548 bits per heavy atom. The number of nitrogens with one attached hydrogen (secondary N) is 5. The molecule has 0 unspecified atom stereocenters. The van der Waals surface area contributed by atoms with Gasteiger partial charge in [-0.15, -0.1) is 0 Å². The second-order valence-corrected chi connectivity index (χ2v) is 17.8. The molecule has 0 aromatic heterocycles. The summed E-state index contributed by atoms with van der Waals surface area (Å²) in [5, 5.41) is 16.2. The Hall–Kier alpha value is -2.98. The van der Waals surface area contributed by atoms with Gasteiger partial charge in [0.1, 0.15) is 5.75 Å². The summed E-state index contributed by atoms with van der Waals surface area (Å²) in [5.41, 5.74) is 0.452. The highest BCUT2D eigenvalue weighted by Gasteiger charge is 2.42. The van der Waals surface area contributed by atoms with Crippen LogP contribution in [0.1, 0.15) is 49.4 Å². The number of hydrogen-bond donors (Lipinski definition) is 5. The van der Waals surface area contributed by atoms with E-state index in [1.807, 2.05) is 11.8 Å². The third-order valence-electron chi connectivity index (χ3n) is 10.8. The monoisotopic (exact) mass is 1060 g/mol. The van der Waals surface area contributed by atoms with E-state index in [1.54, 1.807) is 31.2 Å². The van der Waals surface area contributed by atoms with Crippen LogP contribution in [0.15, 0.2) is 24.3 Å². The van der Waals surface area contributed by atoms with Crippen LogP contribution in [0.3, 0.4) is 0 Å². The van der Waals surface area contributed by atoms with E-state index in [0.29, 0.717) is 200 Å². The van der Waals surface area contributed by atoms with E-state index in [0.717, 1.165) is 44.6 Å². The summed E-state index contributed by atoms with van der Waals surface area (Å²) >= 11 is 1.98. The van der Waals surface area contributed by atoms with E-state index in [9.17, 15) is 14.4 Å². The first kappa shape index (κ1) is 64.3. The summed E-state index contributed by atoms with van der Waals surface area (Å²) in [5.74, 6) is 0.776. The standard InChI is InChI=1S/C50H89N5O17S/c1-2-71-47(56)41-72-44-9-6-8-43(40-44)49(57)53-14-13-51-12-7-16-59-18-20-61-22-24-63-26-28-65-30-32-67-34-36-69-38-39-70-37-35-68-33-31-66-29-27-64-25-23-62-21-19-60-17-15-52-11-5-3-4-10-46-48-45(42-73-46)54-50(58)55-48/h6,8-9,40,45-46,48,51-52H,2-5,7,10-39,41-42H2,1H3,(H,53,57)(H2,54,55,58)/t45-,46-,48-/m0/s1. The van der Waals surface area contributed by atoms with Gasteiger partial charge in [0.2, 0.25) is 0 Å². The van der Waals surface area contributed by atoms with Gasteiger partial charge in [0.25, 0.3) is 5.91 Å². The van der Waals surface area contributed by atoms with Gasteiger partial charge in [-0.2, -0.15) is 11.8 Å². The molecule has 0 spiro atoms. The van der Waals surface area contributed by atoms with Gasteiger partial charge in [0, 0.05) is 42.8 Å². The number of ether oxygens (including phenoxy) is 14. The molecule has 0 radical (unpaired) electrons. The fourth-order valence-corrected chi connectivity index (χ4v) is 8.61. The molecule has 0 saturated carbocycles. The molecule has 3 amide bonds. The molecule has 73 heavy (non-hydrogen) atoms. The third-order valence-corrected chi connectivity index (χ3v) is 12.3. The number of benzene rings is 1. The Balaban J connectivity index is 0.878. The minimum absolute atomic E-state index is 0.00992. The molecule has 2 saturated heterocycles. The van der Waals surface area contributed by atoms with Crippen molar-refractivity contribution in [3.63, 3.8) is 0 Å². The first-order valence-corrected chi connectivity index (χ1v) is 27.3. The minimum Gasteiger partial charge on any atom is -0.482 e. The Kier molecular flexibility index (Phi) is 41.8. The van der Waals surface area contributed by atoms with E-state index in [1.165, 1.54) is 12.8 Å². The Morgan fingerprint density at radius 3 is 1.55 bits per heavy atom. The molecule has 0 aliphatic carbocycles. The van der Waals surface area contributed by atoms with Crippen LogP contribution in [0, 0.1) is 0 Å². The molecule has 1 aromatic carbocycles. The van der Waals surface area contributed by atoms with Gasteiger partial charge in [-0.05, 0) is 57.5 Å². The smallest absolute Gasteiger partial charge is 0.344 e. The van der Waals surface area contributed by atoms with E-state index >= 15 is 0 Å². The molecule has 22 nitrogen and oxygen atoms in total. The second-order valence-electron chi connectivity index (χ2n) is 16.6. The molecule has 2 fully saturated rings. The van der Waals surface area contributed by atoms with Gasteiger partial charge in [-0.25, -0.2) is 9.59 Å². The van der Waals surface area contributed by atoms with Crippen molar-refractivity contribution in [3.8, 4) is 5.75 Å². The van der Waals surface area contributed by atoms with Crippen LogP contribution in [-0.4, -0.2) is 245 Å². The summed E-state index contributed by atoms with van der Waals surface area (Å²) < 4.78 is 76.8. The minimum atomic E-state index is -0.458. The van der Waals surface area contributed by atoms with Crippen molar-refractivity contribution < 1.29 is 80.7 Å². The van der Waals surface area contributed by atoms with Gasteiger partial charge in [-0.1, -0.05) is 18.9 Å². The molecule has 3 atom stereocenters. The molecule has 1 aromatic rings. The predicted octanol–water partition coefficient (Wildman–Crippen LogP) is 1.85. The summed E-state index contributed by atoms with van der Waals surface area (Å²) in [6.45, 7) is 17.8. The molecule has 23 heteroatoms. The Bertz CT molecular complexity index is 1480. The molecule has 2 aliphatic heterocycles. The van der Waals surface area contributed by atoms with Crippen molar-refractivity contribution in [1.29, 1.82) is 0 Å². The van der Waals surface area contributed by atoms with Crippen molar-refractivity contribution in [2.24, 2.45) is 0 Å². The van der Waals surface area contributed by atoms with Gasteiger partial charge in [0.05, 0.1) is 171 Å². The number of thioether (sulfide) groups is 1. The lowest BCUT2D eigenvalue weighted by Crippen LogP contribution is -2.36. The molecule has 422 valence electrons. The largest absolute Gasteiger partial charge is 0.482 e. The SMILES string of the molecule is CCOC(=O)COc1cccc(C(=O)NCCNCCCOCCOCCOCCOCCOCCOCCOCCOCCOCCOCCOCCOCCNCCCCC[C@@H]2SC[C@@H]3NC(=O)N[C@@H]32)c1. The zero-order valence-corrected chi connectivity index (χ0v) is 44.4. The van der Waals surface area contributed by atoms with Crippen molar-refractivity contribution in [1.82, 2.24) is 26.6 Å². The molecule has 3 rings (SSSR count). The number of rotatable bonds is 54. The van der Waals surface area contributed by atoms with Crippen LogP contribution in [-0.2, 0) is 66.4 Å². The maximum absolute atomic E-state index is 12.4. The van der Waals surface area contributed by atoms with Gasteiger partial charge in [-0.3, -0.25) is 4.79 Å². The molecule has 0 bridgehead atoms. The first-order valence-electron chi connectivity index (χ1n) is 26.3. The van der Waals surface area contributed by atoms with Crippen LogP contribution < -0.4 is 31.3 Å². The highest BCUT2D eigenvalue weighted by molar-refractivity contribution is 8.00. The Morgan fingerprint density at radius 2 is 1.03 bits per heavy atom. The highest BCUT2D eigenvalue weighted by Crippen LogP contribution is 2.33. The quantitative estimate of drug-likeness (QED) is 0.0355. The predicted molar refractivity (Wildman–Crippen MR) is 275 cm³/mol. The maximum atomic E-state index is 12.4.